The molecule has 0 atom stereocenters. The lowest BCUT2D eigenvalue weighted by Crippen LogP contribution is -2.07. The van der Waals surface area contributed by atoms with Gasteiger partial charge in [-0.2, -0.15) is 5.26 Å². The Morgan fingerprint density at radius 3 is 1.30 bits per heavy atom. The molecule has 0 unspecified atom stereocenters. The second-order valence-electron chi connectivity index (χ2n) is 17.4. The van der Waals surface area contributed by atoms with E-state index in [1.165, 1.54) is 0 Å². The third kappa shape index (κ3) is 6.82. The van der Waals surface area contributed by atoms with Gasteiger partial charge in [-0.25, -0.2) is 15.0 Å². The van der Waals surface area contributed by atoms with Crippen LogP contribution in [-0.4, -0.2) is 29.1 Å². The average Bonchev–Trinajstić information content (AvgIpc) is 3.95. The minimum absolute atomic E-state index is 0.431. The van der Waals surface area contributed by atoms with E-state index in [1.54, 1.807) is 0 Å². The first-order valence-corrected chi connectivity index (χ1v) is 23.3. The van der Waals surface area contributed by atoms with E-state index in [4.69, 9.17) is 19.9 Å². The van der Waals surface area contributed by atoms with E-state index in [0.29, 0.717) is 28.6 Å². The summed E-state index contributed by atoms with van der Waals surface area (Å²) in [7, 11) is 0. The van der Waals surface area contributed by atoms with Crippen LogP contribution in [0.5, 0.6) is 0 Å². The first-order valence-electron chi connectivity index (χ1n) is 23.3. The SMILES string of the molecule is N#Cc1cc(-c2nc(-c3ccccc3)nc(-c3ccccc3)n2)c(-n2c3ccc(-c4ccccc4)cc3c3cc(-c4ccccc4)ccc32)c(-c2cnccc2-n2c3ccccc3c3ccccc32)c1. The molecule has 0 spiro atoms. The largest absolute Gasteiger partial charge is 0.309 e. The van der Waals surface area contributed by atoms with Crippen molar-refractivity contribution in [1.82, 2.24) is 29.1 Å². The van der Waals surface area contributed by atoms with Crippen LogP contribution in [0.4, 0.5) is 0 Å². The van der Waals surface area contributed by atoms with Crippen molar-refractivity contribution in [2.45, 2.75) is 0 Å². The van der Waals surface area contributed by atoms with E-state index in [1.807, 2.05) is 97.3 Å². The number of nitriles is 1. The van der Waals surface area contributed by atoms with Crippen LogP contribution >= 0.6 is 0 Å². The Morgan fingerprint density at radius 1 is 0.343 bits per heavy atom. The Balaban J connectivity index is 1.19. The molecule has 7 nitrogen and oxygen atoms in total. The second kappa shape index (κ2) is 16.8. The van der Waals surface area contributed by atoms with Gasteiger partial charge in [-0.15, -0.1) is 0 Å². The zero-order valence-corrected chi connectivity index (χ0v) is 37.6. The normalized spacial score (nSPS) is 11.4. The Labute approximate surface area is 403 Å². The number of pyridine rings is 1. The molecule has 4 aromatic heterocycles. The van der Waals surface area contributed by atoms with Crippen molar-refractivity contribution >= 4 is 43.6 Å². The molecule has 0 radical (unpaired) electrons. The Hall–Kier alpha value is -9.77. The van der Waals surface area contributed by atoms with Crippen LogP contribution in [-0.2, 0) is 0 Å². The molecule has 0 N–H and O–H groups in total. The lowest BCUT2D eigenvalue weighted by atomic mass is 9.95. The number of rotatable bonds is 8. The van der Waals surface area contributed by atoms with Crippen LogP contribution in [0.25, 0.3) is 123 Å². The molecule has 9 aromatic carbocycles. The van der Waals surface area contributed by atoms with Gasteiger partial charge in [0.05, 0.1) is 45.1 Å². The summed E-state index contributed by atoms with van der Waals surface area (Å²) in [4.78, 5) is 20.6. The van der Waals surface area contributed by atoms with Gasteiger partial charge < -0.3 is 9.13 Å². The van der Waals surface area contributed by atoms with E-state index in [-0.39, 0.29) is 0 Å². The van der Waals surface area contributed by atoms with Gasteiger partial charge in [0.2, 0.25) is 0 Å². The minimum atomic E-state index is 0.431. The molecule has 4 heterocycles. The highest BCUT2D eigenvalue weighted by Crippen LogP contribution is 2.46. The Kier molecular flexibility index (Phi) is 9.74. The van der Waals surface area contributed by atoms with Gasteiger partial charge in [-0.1, -0.05) is 170 Å². The molecular weight excluding hydrogens is 855 g/mol. The number of benzene rings is 9. The molecule has 13 rings (SSSR count). The van der Waals surface area contributed by atoms with Gasteiger partial charge >= 0.3 is 0 Å². The number of hydrogen-bond acceptors (Lipinski definition) is 5. The zero-order chi connectivity index (χ0) is 46.5. The minimum Gasteiger partial charge on any atom is -0.309 e. The first kappa shape index (κ1) is 40.5. The quantitative estimate of drug-likeness (QED) is 0.152. The summed E-state index contributed by atoms with van der Waals surface area (Å²) in [6.45, 7) is 0. The molecule has 0 saturated carbocycles. The lowest BCUT2D eigenvalue weighted by molar-refractivity contribution is 1.06. The van der Waals surface area contributed by atoms with Crippen LogP contribution in [0.15, 0.2) is 237 Å². The Morgan fingerprint density at radius 2 is 0.786 bits per heavy atom. The molecule has 0 saturated heterocycles. The van der Waals surface area contributed by atoms with Crippen molar-refractivity contribution in [3.63, 3.8) is 0 Å². The summed E-state index contributed by atoms with van der Waals surface area (Å²) >= 11 is 0. The maximum absolute atomic E-state index is 11.1. The van der Waals surface area contributed by atoms with Crippen LogP contribution in [0.3, 0.4) is 0 Å². The molecule has 0 amide bonds. The molecule has 7 heteroatoms. The third-order valence-corrected chi connectivity index (χ3v) is 13.3. The van der Waals surface area contributed by atoms with Gasteiger partial charge in [0.25, 0.3) is 0 Å². The van der Waals surface area contributed by atoms with Crippen LogP contribution < -0.4 is 0 Å². The van der Waals surface area contributed by atoms with Gasteiger partial charge in [-0.3, -0.25) is 4.98 Å². The predicted molar refractivity (Wildman–Crippen MR) is 284 cm³/mol. The molecule has 0 bridgehead atoms. The summed E-state index contributed by atoms with van der Waals surface area (Å²) in [5, 5.41) is 15.5. The zero-order valence-electron chi connectivity index (χ0n) is 37.6. The summed E-state index contributed by atoms with van der Waals surface area (Å²) in [5.41, 5.74) is 14.7. The highest BCUT2D eigenvalue weighted by molar-refractivity contribution is 6.14. The summed E-state index contributed by atoms with van der Waals surface area (Å²) in [6, 6.07) is 80.1. The predicted octanol–water partition coefficient (Wildman–Crippen LogP) is 15.3. The maximum Gasteiger partial charge on any atom is 0.166 e. The summed E-state index contributed by atoms with van der Waals surface area (Å²) < 4.78 is 4.66. The van der Waals surface area contributed by atoms with E-state index in [2.05, 4.69) is 155 Å². The first-order chi connectivity index (χ1) is 34.7. The summed E-state index contributed by atoms with van der Waals surface area (Å²) in [5.74, 6) is 1.47. The lowest BCUT2D eigenvalue weighted by Gasteiger charge is -2.21. The smallest absolute Gasteiger partial charge is 0.166 e. The van der Waals surface area contributed by atoms with Crippen molar-refractivity contribution in [2.75, 3.05) is 0 Å². The number of hydrogen-bond donors (Lipinski definition) is 0. The van der Waals surface area contributed by atoms with Crippen molar-refractivity contribution in [3.8, 4) is 85.0 Å². The molecule has 13 aromatic rings. The van der Waals surface area contributed by atoms with Gasteiger partial charge in [-0.05, 0) is 76.9 Å². The Bertz CT molecular complexity index is 3960. The van der Waals surface area contributed by atoms with Crippen LogP contribution in [0, 0.1) is 11.3 Å². The molecule has 326 valence electrons. The fourth-order valence-electron chi connectivity index (χ4n) is 10.1. The highest BCUT2D eigenvalue weighted by Gasteiger charge is 2.27. The molecule has 0 aliphatic carbocycles. The van der Waals surface area contributed by atoms with Crippen LogP contribution in [0.1, 0.15) is 5.56 Å². The molecule has 0 aliphatic rings. The monoisotopic (exact) mass is 893 g/mol. The topological polar surface area (TPSA) is 85.2 Å². The number of fused-ring (bicyclic) bond motifs is 6. The van der Waals surface area contributed by atoms with Gasteiger partial charge in [0.15, 0.2) is 17.5 Å². The van der Waals surface area contributed by atoms with Crippen molar-refractivity contribution in [2.24, 2.45) is 0 Å². The molecule has 0 aliphatic heterocycles. The standard InChI is InChI=1S/C63H39N7/c64-39-41-35-52(54-40-65-34-33-59(54)69-55-27-15-13-25-48(55)49-26-14-16-28-56(49)69)60(53(36-41)63-67-61(44-21-9-3-10-22-44)66-62(68-63)45-23-11-4-12-24-45)70-57-31-29-46(42-17-5-1-6-18-42)37-50(57)51-38-47(30-32-58(51)70)43-19-7-2-8-20-43/h1-38,40H. The molecule has 0 fully saturated rings. The van der Waals surface area contributed by atoms with Crippen molar-refractivity contribution in [1.29, 1.82) is 5.26 Å². The maximum atomic E-state index is 11.1. The second-order valence-corrected chi connectivity index (χ2v) is 17.4. The number of nitrogens with zero attached hydrogens (tertiary/aromatic N) is 7. The average molecular weight is 894 g/mol. The van der Waals surface area contributed by atoms with Gasteiger partial charge in [0, 0.05) is 61.8 Å². The van der Waals surface area contributed by atoms with Crippen LogP contribution in [0.2, 0.25) is 0 Å². The van der Waals surface area contributed by atoms with E-state index in [0.717, 1.165) is 99.5 Å². The molecular formula is C63H39N7. The number of aromatic nitrogens is 6. The van der Waals surface area contributed by atoms with E-state index < -0.39 is 0 Å². The van der Waals surface area contributed by atoms with Gasteiger partial charge in [0.1, 0.15) is 0 Å². The fraction of sp³-hybridized carbons (Fsp3) is 0. The van der Waals surface area contributed by atoms with Crippen molar-refractivity contribution in [3.05, 3.63) is 242 Å². The molecule has 70 heavy (non-hydrogen) atoms. The van der Waals surface area contributed by atoms with E-state index in [9.17, 15) is 5.26 Å². The van der Waals surface area contributed by atoms with E-state index >= 15 is 0 Å². The highest BCUT2D eigenvalue weighted by atomic mass is 15.1. The third-order valence-electron chi connectivity index (χ3n) is 13.3. The van der Waals surface area contributed by atoms with Crippen molar-refractivity contribution < 1.29 is 0 Å². The summed E-state index contributed by atoms with van der Waals surface area (Å²) in [6.07, 6.45) is 3.77. The number of para-hydroxylation sites is 2. The fourth-order valence-corrected chi connectivity index (χ4v) is 10.1.